The Kier molecular flexibility index (Phi) is 5.34. The average Bonchev–Trinajstić information content (AvgIpc) is 2.62. The lowest BCUT2D eigenvalue weighted by Crippen LogP contribution is -2.28. The lowest BCUT2D eigenvalue weighted by atomic mass is 10.0. The second-order valence-electron chi connectivity index (χ2n) is 6.12. The van der Waals surface area contributed by atoms with Crippen molar-refractivity contribution >= 4 is 28.6 Å². The number of nitrogens with zero attached hydrogens (tertiary/aromatic N) is 2. The van der Waals surface area contributed by atoms with Crippen molar-refractivity contribution < 1.29 is 4.79 Å². The zero-order valence-electron chi connectivity index (χ0n) is 14.6. The number of carbonyl (C=O) groups is 1. The number of nitrogens with one attached hydrogen (secondary N) is 1. The molecule has 0 aliphatic carbocycles. The van der Waals surface area contributed by atoms with Crippen LogP contribution in [0.2, 0.25) is 0 Å². The van der Waals surface area contributed by atoms with Crippen LogP contribution in [-0.4, -0.2) is 21.6 Å². The number of thioether (sulfide) groups is 1. The molecule has 0 radical (unpaired) electrons. The fraction of sp³-hybridized carbons (Fsp3) is 0.250. The van der Waals surface area contributed by atoms with E-state index in [1.54, 1.807) is 6.33 Å². The third-order valence-corrected chi connectivity index (χ3v) is 5.26. The minimum atomic E-state index is -0.0189. The second-order valence-corrected chi connectivity index (χ2v) is 7.08. The third kappa shape index (κ3) is 4.17. The van der Waals surface area contributed by atoms with Crippen LogP contribution in [0.1, 0.15) is 29.7 Å². The van der Waals surface area contributed by atoms with Crippen molar-refractivity contribution in [1.29, 1.82) is 0 Å². The minimum absolute atomic E-state index is 0.00146. The summed E-state index contributed by atoms with van der Waals surface area (Å²) in [5.41, 5.74) is 4.51. The standard InChI is InChI=1S/C20H21N3OS/c1-13-8-9-16(10-14(13)2)15(3)23-19(24)11-25-20-17-6-4-5-7-18(17)21-12-22-20/h4-10,12,15H,11H2,1-3H3,(H,23,24). The van der Waals surface area contributed by atoms with Gasteiger partial charge in [-0.3, -0.25) is 4.79 Å². The van der Waals surface area contributed by atoms with Crippen LogP contribution >= 0.6 is 11.8 Å². The van der Waals surface area contributed by atoms with Gasteiger partial charge in [0.1, 0.15) is 11.4 Å². The van der Waals surface area contributed by atoms with E-state index in [0.29, 0.717) is 5.75 Å². The monoisotopic (exact) mass is 351 g/mol. The summed E-state index contributed by atoms with van der Waals surface area (Å²) in [6.45, 7) is 6.18. The molecule has 0 spiro atoms. The van der Waals surface area contributed by atoms with Crippen LogP contribution in [0.25, 0.3) is 10.9 Å². The maximum absolute atomic E-state index is 12.3. The summed E-state index contributed by atoms with van der Waals surface area (Å²) in [5.74, 6) is 0.328. The van der Waals surface area contributed by atoms with E-state index in [1.165, 1.54) is 22.9 Å². The molecule has 2 aromatic carbocycles. The molecule has 0 saturated carbocycles. The zero-order chi connectivity index (χ0) is 17.8. The van der Waals surface area contributed by atoms with Gasteiger partial charge < -0.3 is 5.32 Å². The van der Waals surface area contributed by atoms with Crippen molar-refractivity contribution in [1.82, 2.24) is 15.3 Å². The van der Waals surface area contributed by atoms with Crippen molar-refractivity contribution in [3.05, 3.63) is 65.5 Å². The van der Waals surface area contributed by atoms with Crippen molar-refractivity contribution in [3.8, 4) is 0 Å². The van der Waals surface area contributed by atoms with Crippen LogP contribution in [0.5, 0.6) is 0 Å². The molecule has 1 heterocycles. The van der Waals surface area contributed by atoms with Crippen molar-refractivity contribution in [3.63, 3.8) is 0 Å². The van der Waals surface area contributed by atoms with Gasteiger partial charge in [0.05, 0.1) is 17.3 Å². The Hall–Kier alpha value is -2.40. The first-order chi connectivity index (χ1) is 12.0. The SMILES string of the molecule is Cc1ccc(C(C)NC(=O)CSc2ncnc3ccccc23)cc1C. The van der Waals surface area contributed by atoms with Crippen molar-refractivity contribution in [2.45, 2.75) is 31.8 Å². The van der Waals surface area contributed by atoms with Gasteiger partial charge in [-0.25, -0.2) is 9.97 Å². The fourth-order valence-corrected chi connectivity index (χ4v) is 3.43. The molecule has 0 aliphatic heterocycles. The molecule has 1 unspecified atom stereocenters. The molecule has 1 atom stereocenters. The number of hydrogen-bond acceptors (Lipinski definition) is 4. The fourth-order valence-electron chi connectivity index (χ4n) is 2.63. The van der Waals surface area contributed by atoms with Gasteiger partial charge in [-0.15, -0.1) is 0 Å². The largest absolute Gasteiger partial charge is 0.349 e. The molecule has 128 valence electrons. The molecule has 0 aliphatic rings. The van der Waals surface area contributed by atoms with Crippen LogP contribution in [0, 0.1) is 13.8 Å². The number of aromatic nitrogens is 2. The molecular formula is C20H21N3OS. The first-order valence-corrected chi connectivity index (χ1v) is 9.22. The Labute approximate surface area is 152 Å². The maximum atomic E-state index is 12.3. The molecule has 1 N–H and O–H groups in total. The number of aryl methyl sites for hydroxylation is 2. The Morgan fingerprint density at radius 3 is 2.72 bits per heavy atom. The summed E-state index contributed by atoms with van der Waals surface area (Å²) in [7, 11) is 0. The zero-order valence-corrected chi connectivity index (χ0v) is 15.4. The van der Waals surface area contributed by atoms with E-state index in [0.717, 1.165) is 21.5 Å². The summed E-state index contributed by atoms with van der Waals surface area (Å²) in [5, 5.41) is 4.87. The van der Waals surface area contributed by atoms with Gasteiger partial charge in [0, 0.05) is 5.39 Å². The highest BCUT2D eigenvalue weighted by atomic mass is 32.2. The van der Waals surface area contributed by atoms with Crippen molar-refractivity contribution in [2.75, 3.05) is 5.75 Å². The van der Waals surface area contributed by atoms with Gasteiger partial charge in [0.2, 0.25) is 5.91 Å². The van der Waals surface area contributed by atoms with E-state index in [9.17, 15) is 4.79 Å². The van der Waals surface area contributed by atoms with Gasteiger partial charge in [-0.2, -0.15) is 0 Å². The smallest absolute Gasteiger partial charge is 0.230 e. The Morgan fingerprint density at radius 1 is 1.12 bits per heavy atom. The highest BCUT2D eigenvalue weighted by Gasteiger charge is 2.12. The normalized spacial score (nSPS) is 12.1. The van der Waals surface area contributed by atoms with Crippen LogP contribution in [0.15, 0.2) is 53.8 Å². The number of hydrogen-bond donors (Lipinski definition) is 1. The number of amides is 1. The van der Waals surface area contributed by atoms with Gasteiger partial charge in [0.25, 0.3) is 0 Å². The molecule has 4 nitrogen and oxygen atoms in total. The van der Waals surface area contributed by atoms with Gasteiger partial charge in [0.15, 0.2) is 0 Å². The summed E-state index contributed by atoms with van der Waals surface area (Å²) in [6, 6.07) is 14.1. The average molecular weight is 351 g/mol. The summed E-state index contributed by atoms with van der Waals surface area (Å²) >= 11 is 1.44. The van der Waals surface area contributed by atoms with E-state index in [-0.39, 0.29) is 11.9 Å². The molecule has 3 aromatic rings. The predicted octanol–water partition coefficient (Wildman–Crippen LogP) is 4.22. The summed E-state index contributed by atoms with van der Waals surface area (Å²) < 4.78 is 0. The van der Waals surface area contributed by atoms with Gasteiger partial charge in [-0.05, 0) is 43.5 Å². The number of benzene rings is 2. The maximum Gasteiger partial charge on any atom is 0.230 e. The minimum Gasteiger partial charge on any atom is -0.349 e. The molecule has 5 heteroatoms. The molecule has 25 heavy (non-hydrogen) atoms. The lowest BCUT2D eigenvalue weighted by Gasteiger charge is -2.15. The molecule has 0 saturated heterocycles. The molecule has 3 rings (SSSR count). The highest BCUT2D eigenvalue weighted by molar-refractivity contribution is 8.00. The molecular weight excluding hydrogens is 330 g/mol. The summed E-state index contributed by atoms with van der Waals surface area (Å²) in [4.78, 5) is 20.9. The quantitative estimate of drug-likeness (QED) is 0.552. The number of rotatable bonds is 5. The van der Waals surface area contributed by atoms with Gasteiger partial charge >= 0.3 is 0 Å². The highest BCUT2D eigenvalue weighted by Crippen LogP contribution is 2.24. The lowest BCUT2D eigenvalue weighted by molar-refractivity contribution is -0.119. The summed E-state index contributed by atoms with van der Waals surface area (Å²) in [6.07, 6.45) is 1.54. The van der Waals surface area contributed by atoms with E-state index < -0.39 is 0 Å². The third-order valence-electron chi connectivity index (χ3n) is 4.25. The van der Waals surface area contributed by atoms with Crippen LogP contribution < -0.4 is 5.32 Å². The Morgan fingerprint density at radius 2 is 1.92 bits per heavy atom. The second kappa shape index (κ2) is 7.66. The first kappa shape index (κ1) is 17.4. The Bertz CT molecular complexity index is 905. The van der Waals surface area contributed by atoms with E-state index in [2.05, 4.69) is 47.3 Å². The number of fused-ring (bicyclic) bond motifs is 1. The Balaban J connectivity index is 1.63. The van der Waals surface area contributed by atoms with Gasteiger partial charge in [-0.1, -0.05) is 48.2 Å². The predicted molar refractivity (Wildman–Crippen MR) is 103 cm³/mol. The van der Waals surface area contributed by atoms with Crippen LogP contribution in [0.4, 0.5) is 0 Å². The topological polar surface area (TPSA) is 54.9 Å². The molecule has 0 bridgehead atoms. The van der Waals surface area contributed by atoms with Crippen molar-refractivity contribution in [2.24, 2.45) is 0 Å². The van der Waals surface area contributed by atoms with Crippen LogP contribution in [0.3, 0.4) is 0 Å². The van der Waals surface area contributed by atoms with E-state index >= 15 is 0 Å². The molecule has 1 aromatic heterocycles. The van der Waals surface area contributed by atoms with E-state index in [4.69, 9.17) is 0 Å². The number of carbonyl (C=O) groups excluding carboxylic acids is 1. The van der Waals surface area contributed by atoms with Crippen LogP contribution in [-0.2, 0) is 4.79 Å². The number of para-hydroxylation sites is 1. The molecule has 1 amide bonds. The first-order valence-electron chi connectivity index (χ1n) is 8.23. The van der Waals surface area contributed by atoms with E-state index in [1.807, 2.05) is 31.2 Å². The molecule has 0 fully saturated rings.